The minimum atomic E-state index is -0.834. The maximum absolute atomic E-state index is 13.4. The number of rotatable bonds is 12. The highest BCUT2D eigenvalue weighted by atomic mass is 35.5. The molecule has 206 valence electrons. The van der Waals surface area contributed by atoms with Crippen LogP contribution in [-0.4, -0.2) is 65.9 Å². The second-order valence-corrected chi connectivity index (χ2v) is 10.9. The normalized spacial score (nSPS) is 25.2. The summed E-state index contributed by atoms with van der Waals surface area (Å²) in [5.74, 6) is -1.89. The summed E-state index contributed by atoms with van der Waals surface area (Å²) in [6, 6.07) is 4.91. The van der Waals surface area contributed by atoms with Gasteiger partial charge in [-0.2, -0.15) is 0 Å². The van der Waals surface area contributed by atoms with E-state index in [1.807, 2.05) is 13.0 Å². The van der Waals surface area contributed by atoms with Gasteiger partial charge in [0, 0.05) is 26.0 Å². The fourth-order valence-corrected chi connectivity index (χ4v) is 6.35. The van der Waals surface area contributed by atoms with Gasteiger partial charge in [0.2, 0.25) is 11.8 Å². The van der Waals surface area contributed by atoms with Gasteiger partial charge in [0.15, 0.2) is 0 Å². The molecular weight excluding hydrogens is 510 g/mol. The molecule has 1 aromatic carbocycles. The zero-order valence-corrected chi connectivity index (χ0v) is 22.7. The van der Waals surface area contributed by atoms with Crippen LogP contribution < -0.4 is 0 Å². The molecule has 1 aromatic rings. The van der Waals surface area contributed by atoms with Crippen LogP contribution in [0.5, 0.6) is 5.75 Å². The van der Waals surface area contributed by atoms with Crippen LogP contribution in [0, 0.1) is 17.8 Å². The average Bonchev–Trinajstić information content (AvgIpc) is 3.39. The molecule has 2 fully saturated rings. The number of aliphatic carboxylic acids is 1. The van der Waals surface area contributed by atoms with E-state index in [1.165, 1.54) is 11.0 Å². The Balaban J connectivity index is 1.44. The van der Waals surface area contributed by atoms with E-state index in [1.54, 1.807) is 19.2 Å². The van der Waals surface area contributed by atoms with Gasteiger partial charge in [0.05, 0.1) is 36.2 Å². The number of benzene rings is 1. The zero-order chi connectivity index (χ0) is 27.4. The molecule has 1 aliphatic carbocycles. The third-order valence-corrected chi connectivity index (χ3v) is 8.20. The standard InChI is InChI=1S/C29H36ClNO7/c1-17(12-18-8-9-20(32)14-23(18)30)7-10-24-26-19(15-37-2)13-21-27(22(26)16-38-24)29(36)31(28(21)35)11-5-3-4-6-25(33)34/h8-9,12,14,21-22,24,27,32H,3-7,10-11,13,15-16H2,1-2H3,(H,33,34)/b17-12+/t21-,22+,24-,27-/m1/s1. The molecule has 0 bridgehead atoms. The van der Waals surface area contributed by atoms with E-state index in [2.05, 4.69) is 0 Å². The number of phenolic OH excluding ortho intramolecular Hbond substituents is 1. The van der Waals surface area contributed by atoms with Gasteiger partial charge in [0.25, 0.3) is 0 Å². The number of hydrogen-bond donors (Lipinski definition) is 2. The van der Waals surface area contributed by atoms with Crippen LogP contribution >= 0.6 is 11.6 Å². The van der Waals surface area contributed by atoms with Gasteiger partial charge in [-0.1, -0.05) is 29.7 Å². The van der Waals surface area contributed by atoms with Crippen molar-refractivity contribution in [2.75, 3.05) is 26.9 Å². The van der Waals surface area contributed by atoms with Gasteiger partial charge >= 0.3 is 5.97 Å². The molecule has 2 N–H and O–H groups in total. The lowest BCUT2D eigenvalue weighted by Gasteiger charge is -2.31. The molecule has 3 aliphatic rings. The minimum Gasteiger partial charge on any atom is -0.508 e. The van der Waals surface area contributed by atoms with Gasteiger partial charge in [-0.15, -0.1) is 0 Å². The summed E-state index contributed by atoms with van der Waals surface area (Å²) in [5.41, 5.74) is 4.14. The Morgan fingerprint density at radius 1 is 1.18 bits per heavy atom. The maximum atomic E-state index is 13.4. The van der Waals surface area contributed by atoms with E-state index in [9.17, 15) is 19.5 Å². The van der Waals surface area contributed by atoms with Crippen LogP contribution in [-0.2, 0) is 23.9 Å². The molecule has 4 rings (SSSR count). The minimum absolute atomic E-state index is 0.0955. The Labute approximate surface area is 228 Å². The monoisotopic (exact) mass is 545 g/mol. The van der Waals surface area contributed by atoms with Gasteiger partial charge in [0.1, 0.15) is 5.75 Å². The number of amides is 2. The summed E-state index contributed by atoms with van der Waals surface area (Å²) in [4.78, 5) is 38.8. The lowest BCUT2D eigenvalue weighted by Crippen LogP contribution is -2.35. The van der Waals surface area contributed by atoms with E-state index in [4.69, 9.17) is 26.2 Å². The number of aromatic hydroxyl groups is 1. The van der Waals surface area contributed by atoms with Crippen molar-refractivity contribution in [3.63, 3.8) is 0 Å². The number of hydrogen-bond acceptors (Lipinski definition) is 6. The summed E-state index contributed by atoms with van der Waals surface area (Å²) in [5, 5.41) is 18.9. The molecule has 2 aliphatic heterocycles. The number of carboxylic acid groups (broad SMARTS) is 1. The SMILES string of the molecule is COCC1=C2[C@@H](CC/C(C)=C/c3ccc(O)cc3Cl)OC[C@@H]2[C@@H]2C(=O)N(CCCCCC(=O)O)C(=O)[C@@H]2C1. The smallest absolute Gasteiger partial charge is 0.303 e. The highest BCUT2D eigenvalue weighted by Crippen LogP contribution is 2.50. The number of halogens is 1. The molecule has 0 unspecified atom stereocenters. The number of imide groups is 1. The molecule has 0 spiro atoms. The van der Waals surface area contributed by atoms with Gasteiger partial charge < -0.3 is 19.7 Å². The molecule has 9 heteroatoms. The average molecular weight is 546 g/mol. The number of methoxy groups -OCH3 is 1. The molecule has 0 saturated carbocycles. The lowest BCUT2D eigenvalue weighted by molar-refractivity contribution is -0.141. The molecular formula is C29H36ClNO7. The van der Waals surface area contributed by atoms with E-state index < -0.39 is 11.9 Å². The molecule has 4 atom stereocenters. The molecule has 2 amide bonds. The predicted octanol–water partition coefficient (Wildman–Crippen LogP) is 4.84. The number of nitrogens with zero attached hydrogens (tertiary/aromatic N) is 1. The van der Waals surface area contributed by atoms with Gasteiger partial charge in [-0.25, -0.2) is 0 Å². The fourth-order valence-electron chi connectivity index (χ4n) is 6.12. The summed E-state index contributed by atoms with van der Waals surface area (Å²) >= 11 is 6.26. The quantitative estimate of drug-likeness (QED) is 0.219. The highest BCUT2D eigenvalue weighted by molar-refractivity contribution is 6.32. The summed E-state index contributed by atoms with van der Waals surface area (Å²) in [7, 11) is 1.64. The van der Waals surface area contributed by atoms with Crippen molar-refractivity contribution in [1.82, 2.24) is 4.90 Å². The van der Waals surface area contributed by atoms with Crippen molar-refractivity contribution in [2.45, 2.75) is 58.0 Å². The van der Waals surface area contributed by atoms with Crippen molar-refractivity contribution < 1.29 is 34.1 Å². The highest BCUT2D eigenvalue weighted by Gasteiger charge is 2.56. The van der Waals surface area contributed by atoms with E-state index in [-0.39, 0.29) is 41.9 Å². The number of carboxylic acids is 1. The van der Waals surface area contributed by atoms with Crippen LogP contribution in [0.1, 0.15) is 57.4 Å². The summed E-state index contributed by atoms with van der Waals surface area (Å²) in [6.45, 7) is 3.18. The van der Waals surface area contributed by atoms with Gasteiger partial charge in [-0.05, 0) is 73.9 Å². The predicted molar refractivity (Wildman–Crippen MR) is 143 cm³/mol. The largest absolute Gasteiger partial charge is 0.508 e. The van der Waals surface area contributed by atoms with Gasteiger partial charge in [-0.3, -0.25) is 19.3 Å². The summed E-state index contributed by atoms with van der Waals surface area (Å²) in [6.07, 6.45) is 5.77. The molecule has 0 radical (unpaired) electrons. The number of unbranched alkanes of at least 4 members (excludes halogenated alkanes) is 2. The van der Waals surface area contributed by atoms with Crippen molar-refractivity contribution in [3.05, 3.63) is 45.5 Å². The van der Waals surface area contributed by atoms with Crippen molar-refractivity contribution >= 4 is 35.5 Å². The molecule has 0 aromatic heterocycles. The third-order valence-electron chi connectivity index (χ3n) is 7.88. The summed E-state index contributed by atoms with van der Waals surface area (Å²) < 4.78 is 11.7. The Morgan fingerprint density at radius 3 is 2.68 bits per heavy atom. The van der Waals surface area contributed by atoms with Crippen LogP contribution in [0.4, 0.5) is 0 Å². The lowest BCUT2D eigenvalue weighted by atomic mass is 9.69. The van der Waals surface area contributed by atoms with E-state index in [0.717, 1.165) is 35.1 Å². The molecule has 38 heavy (non-hydrogen) atoms. The van der Waals surface area contributed by atoms with Crippen molar-refractivity contribution in [3.8, 4) is 5.75 Å². The first-order chi connectivity index (χ1) is 18.2. The Bertz CT molecular complexity index is 1140. The number of phenols is 1. The second-order valence-electron chi connectivity index (χ2n) is 10.5. The van der Waals surface area contributed by atoms with Crippen LogP contribution in [0.15, 0.2) is 34.9 Å². The number of likely N-dealkylation sites (tertiary alicyclic amines) is 1. The molecule has 8 nitrogen and oxygen atoms in total. The first-order valence-electron chi connectivity index (χ1n) is 13.3. The fraction of sp³-hybridized carbons (Fsp3) is 0.552. The first-order valence-corrected chi connectivity index (χ1v) is 13.6. The third kappa shape index (κ3) is 6.14. The van der Waals surface area contributed by atoms with Crippen LogP contribution in [0.25, 0.3) is 6.08 Å². The zero-order valence-electron chi connectivity index (χ0n) is 22.0. The Hall–Kier alpha value is -2.68. The molecule has 2 saturated heterocycles. The van der Waals surface area contributed by atoms with Crippen LogP contribution in [0.3, 0.4) is 0 Å². The number of allylic oxidation sites excluding steroid dienone is 1. The van der Waals surface area contributed by atoms with Crippen molar-refractivity contribution in [1.29, 1.82) is 0 Å². The number of ether oxygens (including phenoxy) is 2. The molecule has 2 heterocycles. The Morgan fingerprint density at radius 2 is 1.97 bits per heavy atom. The number of carbonyl (C=O) groups excluding carboxylic acids is 2. The Kier molecular flexibility index (Phi) is 9.28. The van der Waals surface area contributed by atoms with Crippen molar-refractivity contribution in [2.24, 2.45) is 17.8 Å². The number of carbonyl (C=O) groups is 3. The van der Waals surface area contributed by atoms with E-state index >= 15 is 0 Å². The van der Waals surface area contributed by atoms with E-state index in [0.29, 0.717) is 50.5 Å². The maximum Gasteiger partial charge on any atom is 0.303 e. The number of fused-ring (bicyclic) bond motifs is 3. The second kappa shape index (κ2) is 12.5. The van der Waals surface area contributed by atoms with Crippen LogP contribution in [0.2, 0.25) is 5.02 Å². The topological polar surface area (TPSA) is 113 Å². The first kappa shape index (κ1) is 28.3.